The molecule has 18 heavy (non-hydrogen) atoms. The SMILES string of the molecule is CCN(C(=O)NC(C)C(=O)O)c1cccc(F)c1. The third-order valence-corrected chi connectivity index (χ3v) is 2.39. The number of carbonyl (C=O) groups excluding carboxylic acids is 1. The molecule has 0 spiro atoms. The van der Waals surface area contributed by atoms with Gasteiger partial charge < -0.3 is 10.4 Å². The lowest BCUT2D eigenvalue weighted by atomic mass is 10.3. The Balaban J connectivity index is 2.83. The molecule has 0 saturated carbocycles. The molecular weight excluding hydrogens is 239 g/mol. The monoisotopic (exact) mass is 254 g/mol. The van der Waals surface area contributed by atoms with Crippen molar-refractivity contribution >= 4 is 17.7 Å². The number of halogens is 1. The molecule has 5 nitrogen and oxygen atoms in total. The Morgan fingerprint density at radius 3 is 2.67 bits per heavy atom. The molecule has 0 saturated heterocycles. The van der Waals surface area contributed by atoms with Crippen molar-refractivity contribution < 1.29 is 19.1 Å². The van der Waals surface area contributed by atoms with E-state index in [1.165, 1.54) is 30.0 Å². The third kappa shape index (κ3) is 3.44. The Kier molecular flexibility index (Phi) is 4.65. The molecule has 2 N–H and O–H groups in total. The molecule has 2 amide bonds. The first-order valence-corrected chi connectivity index (χ1v) is 5.52. The van der Waals surface area contributed by atoms with Gasteiger partial charge in [0, 0.05) is 12.2 Å². The first-order valence-electron chi connectivity index (χ1n) is 5.52. The van der Waals surface area contributed by atoms with Crippen LogP contribution in [0.4, 0.5) is 14.9 Å². The molecule has 0 aromatic heterocycles. The average Bonchev–Trinajstić information content (AvgIpc) is 2.29. The Morgan fingerprint density at radius 1 is 1.50 bits per heavy atom. The van der Waals surface area contributed by atoms with Crippen LogP contribution in [0.2, 0.25) is 0 Å². The molecule has 0 aliphatic heterocycles. The number of benzene rings is 1. The van der Waals surface area contributed by atoms with Crippen molar-refractivity contribution in [2.24, 2.45) is 0 Å². The summed E-state index contributed by atoms with van der Waals surface area (Å²) in [4.78, 5) is 23.7. The zero-order valence-corrected chi connectivity index (χ0v) is 10.2. The molecule has 1 aromatic carbocycles. The van der Waals surface area contributed by atoms with E-state index >= 15 is 0 Å². The molecule has 1 aromatic rings. The van der Waals surface area contributed by atoms with Gasteiger partial charge in [-0.25, -0.2) is 9.18 Å². The summed E-state index contributed by atoms with van der Waals surface area (Å²) in [6.07, 6.45) is 0. The molecule has 0 fully saturated rings. The maximum Gasteiger partial charge on any atom is 0.325 e. The Hall–Kier alpha value is -2.11. The van der Waals surface area contributed by atoms with Crippen LogP contribution in [0.1, 0.15) is 13.8 Å². The van der Waals surface area contributed by atoms with E-state index in [0.717, 1.165) is 0 Å². The lowest BCUT2D eigenvalue weighted by Gasteiger charge is -2.22. The standard InChI is InChI=1S/C12H15FN2O3/c1-3-15(10-6-4-5-9(13)7-10)12(18)14-8(2)11(16)17/h4-8H,3H2,1-2H3,(H,14,18)(H,16,17). The van der Waals surface area contributed by atoms with Crippen LogP contribution in [0.15, 0.2) is 24.3 Å². The summed E-state index contributed by atoms with van der Waals surface area (Å²) in [5.74, 6) is -1.58. The van der Waals surface area contributed by atoms with Gasteiger partial charge in [-0.3, -0.25) is 9.69 Å². The van der Waals surface area contributed by atoms with Gasteiger partial charge in [-0.1, -0.05) is 6.07 Å². The average molecular weight is 254 g/mol. The molecule has 1 rings (SSSR count). The number of carbonyl (C=O) groups is 2. The number of rotatable bonds is 4. The Morgan fingerprint density at radius 2 is 2.17 bits per heavy atom. The van der Waals surface area contributed by atoms with Crippen LogP contribution in [0, 0.1) is 5.82 Å². The van der Waals surface area contributed by atoms with E-state index in [9.17, 15) is 14.0 Å². The Bertz CT molecular complexity index is 451. The molecule has 0 aliphatic carbocycles. The molecule has 1 unspecified atom stereocenters. The number of aliphatic carboxylic acids is 1. The van der Waals surface area contributed by atoms with Crippen LogP contribution in [-0.2, 0) is 4.79 Å². The molecule has 0 aliphatic rings. The third-order valence-electron chi connectivity index (χ3n) is 2.39. The highest BCUT2D eigenvalue weighted by Crippen LogP contribution is 2.15. The number of hydrogen-bond acceptors (Lipinski definition) is 2. The lowest BCUT2D eigenvalue weighted by Crippen LogP contribution is -2.46. The number of amides is 2. The highest BCUT2D eigenvalue weighted by atomic mass is 19.1. The zero-order chi connectivity index (χ0) is 13.7. The first kappa shape index (κ1) is 14.0. The smallest absolute Gasteiger partial charge is 0.325 e. The van der Waals surface area contributed by atoms with E-state index in [4.69, 9.17) is 5.11 Å². The largest absolute Gasteiger partial charge is 0.480 e. The minimum Gasteiger partial charge on any atom is -0.480 e. The van der Waals surface area contributed by atoms with Crippen LogP contribution >= 0.6 is 0 Å². The normalized spacial score (nSPS) is 11.7. The Labute approximate surface area is 104 Å². The van der Waals surface area contributed by atoms with E-state index in [1.807, 2.05) is 0 Å². The minimum absolute atomic E-state index is 0.307. The van der Waals surface area contributed by atoms with Crippen molar-refractivity contribution in [3.8, 4) is 0 Å². The number of nitrogens with one attached hydrogen (secondary N) is 1. The molecular formula is C12H15FN2O3. The summed E-state index contributed by atoms with van der Waals surface area (Å²) in [6.45, 7) is 3.39. The zero-order valence-electron chi connectivity index (χ0n) is 10.2. The summed E-state index contributed by atoms with van der Waals surface area (Å²) in [6, 6.07) is 3.99. The van der Waals surface area contributed by atoms with Crippen molar-refractivity contribution in [1.29, 1.82) is 0 Å². The molecule has 1 atom stereocenters. The molecule has 6 heteroatoms. The van der Waals surface area contributed by atoms with Crippen LogP contribution in [0.3, 0.4) is 0 Å². The van der Waals surface area contributed by atoms with Crippen molar-refractivity contribution in [2.45, 2.75) is 19.9 Å². The number of hydrogen-bond donors (Lipinski definition) is 2. The number of nitrogens with zero attached hydrogens (tertiary/aromatic N) is 1. The summed E-state index contributed by atoms with van der Waals surface area (Å²) in [7, 11) is 0. The summed E-state index contributed by atoms with van der Waals surface area (Å²) < 4.78 is 13.1. The maximum absolute atomic E-state index is 13.1. The second kappa shape index (κ2) is 6.00. The summed E-state index contributed by atoms with van der Waals surface area (Å²) in [5.41, 5.74) is 0.382. The molecule has 0 heterocycles. The van der Waals surface area contributed by atoms with Gasteiger partial charge in [0.05, 0.1) is 0 Å². The fourth-order valence-electron chi connectivity index (χ4n) is 1.41. The van der Waals surface area contributed by atoms with Gasteiger partial charge >= 0.3 is 12.0 Å². The highest BCUT2D eigenvalue weighted by molar-refractivity contribution is 5.94. The van der Waals surface area contributed by atoms with E-state index in [1.54, 1.807) is 13.0 Å². The molecule has 0 bridgehead atoms. The first-order chi connectivity index (χ1) is 8.45. The van der Waals surface area contributed by atoms with Crippen LogP contribution < -0.4 is 10.2 Å². The van der Waals surface area contributed by atoms with Crippen molar-refractivity contribution in [3.05, 3.63) is 30.1 Å². The van der Waals surface area contributed by atoms with Crippen LogP contribution in [0.25, 0.3) is 0 Å². The second-order valence-corrected chi connectivity index (χ2v) is 3.73. The molecule has 98 valence electrons. The number of carboxylic acid groups (broad SMARTS) is 1. The van der Waals surface area contributed by atoms with Crippen LogP contribution in [-0.4, -0.2) is 29.7 Å². The number of carboxylic acids is 1. The second-order valence-electron chi connectivity index (χ2n) is 3.73. The van der Waals surface area contributed by atoms with Gasteiger partial charge in [0.25, 0.3) is 0 Å². The van der Waals surface area contributed by atoms with E-state index < -0.39 is 23.9 Å². The van der Waals surface area contributed by atoms with Gasteiger partial charge in [0.15, 0.2) is 0 Å². The van der Waals surface area contributed by atoms with Gasteiger partial charge in [-0.15, -0.1) is 0 Å². The lowest BCUT2D eigenvalue weighted by molar-refractivity contribution is -0.138. The quantitative estimate of drug-likeness (QED) is 0.861. The predicted octanol–water partition coefficient (Wildman–Crippen LogP) is 1.83. The topological polar surface area (TPSA) is 69.6 Å². The van der Waals surface area contributed by atoms with Gasteiger partial charge in [0.2, 0.25) is 0 Å². The van der Waals surface area contributed by atoms with E-state index in [0.29, 0.717) is 12.2 Å². The minimum atomic E-state index is -1.13. The van der Waals surface area contributed by atoms with E-state index in [-0.39, 0.29) is 0 Å². The number of anilines is 1. The highest BCUT2D eigenvalue weighted by Gasteiger charge is 2.19. The van der Waals surface area contributed by atoms with Gasteiger partial charge in [0.1, 0.15) is 11.9 Å². The van der Waals surface area contributed by atoms with Gasteiger partial charge in [-0.05, 0) is 32.0 Å². The van der Waals surface area contributed by atoms with Crippen LogP contribution in [0.5, 0.6) is 0 Å². The van der Waals surface area contributed by atoms with E-state index in [2.05, 4.69) is 5.32 Å². The summed E-state index contributed by atoms with van der Waals surface area (Å²) >= 11 is 0. The van der Waals surface area contributed by atoms with Crippen molar-refractivity contribution in [3.63, 3.8) is 0 Å². The summed E-state index contributed by atoms with van der Waals surface area (Å²) in [5, 5.41) is 11.0. The fourth-order valence-corrected chi connectivity index (χ4v) is 1.41. The van der Waals surface area contributed by atoms with Crippen molar-refractivity contribution in [2.75, 3.05) is 11.4 Å². The predicted molar refractivity (Wildman–Crippen MR) is 65.0 cm³/mol. The fraction of sp³-hybridized carbons (Fsp3) is 0.333. The van der Waals surface area contributed by atoms with Gasteiger partial charge in [-0.2, -0.15) is 0 Å². The van der Waals surface area contributed by atoms with Crippen molar-refractivity contribution in [1.82, 2.24) is 5.32 Å². The number of urea groups is 1. The maximum atomic E-state index is 13.1. The molecule has 0 radical (unpaired) electrons.